The van der Waals surface area contributed by atoms with Gasteiger partial charge in [0.25, 0.3) is 0 Å². The largest absolute Gasteiger partial charge is 0.486 e. The third-order valence-electron chi connectivity index (χ3n) is 4.23. The molecule has 23 heavy (non-hydrogen) atoms. The number of aromatic nitrogens is 2. The van der Waals surface area contributed by atoms with E-state index in [0.717, 1.165) is 56.9 Å². The lowest BCUT2D eigenvalue weighted by Crippen LogP contribution is -2.30. The summed E-state index contributed by atoms with van der Waals surface area (Å²) in [6.45, 7) is 6.11. The zero-order chi connectivity index (χ0) is 15.9. The highest BCUT2D eigenvalue weighted by molar-refractivity contribution is 5.59. The molecule has 124 valence electrons. The highest BCUT2D eigenvalue weighted by atomic mass is 16.5. The molecule has 5 nitrogen and oxygen atoms in total. The van der Waals surface area contributed by atoms with E-state index in [1.165, 1.54) is 5.56 Å². The average Bonchev–Trinajstić information content (AvgIpc) is 3.10. The fourth-order valence-corrected chi connectivity index (χ4v) is 2.81. The Bertz CT molecular complexity index is 597. The van der Waals surface area contributed by atoms with Crippen LogP contribution in [-0.4, -0.2) is 35.3 Å². The summed E-state index contributed by atoms with van der Waals surface area (Å²) in [4.78, 5) is 4.05. The molecule has 3 rings (SSSR count). The second-order valence-electron chi connectivity index (χ2n) is 6.01. The number of fused-ring (bicyclic) bond motifs is 1. The van der Waals surface area contributed by atoms with Crippen molar-refractivity contribution < 1.29 is 4.74 Å². The number of hydrogen-bond donors (Lipinski definition) is 2. The lowest BCUT2D eigenvalue weighted by atomic mass is 10.1. The molecule has 0 aliphatic carbocycles. The van der Waals surface area contributed by atoms with Gasteiger partial charge in [-0.2, -0.15) is 0 Å². The van der Waals surface area contributed by atoms with Crippen molar-refractivity contribution in [3.8, 4) is 5.75 Å². The molecule has 0 fully saturated rings. The molecule has 1 unspecified atom stereocenters. The number of anilines is 1. The molecule has 0 saturated carbocycles. The van der Waals surface area contributed by atoms with Gasteiger partial charge >= 0.3 is 0 Å². The average molecular weight is 314 g/mol. The van der Waals surface area contributed by atoms with E-state index in [4.69, 9.17) is 4.74 Å². The number of hydrogen-bond acceptors (Lipinski definition) is 4. The van der Waals surface area contributed by atoms with E-state index in [2.05, 4.69) is 45.3 Å². The number of benzene rings is 1. The van der Waals surface area contributed by atoms with E-state index >= 15 is 0 Å². The van der Waals surface area contributed by atoms with Gasteiger partial charge in [0.15, 0.2) is 0 Å². The van der Waals surface area contributed by atoms with Crippen LogP contribution in [0.5, 0.6) is 5.75 Å². The molecule has 0 spiro atoms. The smallest absolute Gasteiger partial charge is 0.142 e. The van der Waals surface area contributed by atoms with Crippen molar-refractivity contribution >= 4 is 5.69 Å². The molecule has 0 bridgehead atoms. The minimum atomic E-state index is 0.297. The molecule has 2 aromatic rings. The van der Waals surface area contributed by atoms with Crippen LogP contribution in [-0.2, 0) is 13.0 Å². The van der Waals surface area contributed by atoms with Crippen LogP contribution in [0.3, 0.4) is 0 Å². The minimum Gasteiger partial charge on any atom is -0.486 e. The van der Waals surface area contributed by atoms with Crippen LogP contribution in [0.2, 0.25) is 0 Å². The topological polar surface area (TPSA) is 51.1 Å². The fraction of sp³-hybridized carbons (Fsp3) is 0.500. The second kappa shape index (κ2) is 8.02. The zero-order valence-corrected chi connectivity index (χ0v) is 13.8. The van der Waals surface area contributed by atoms with E-state index < -0.39 is 0 Å². The normalized spacial score (nSPS) is 16.5. The van der Waals surface area contributed by atoms with Crippen molar-refractivity contribution in [2.24, 2.45) is 0 Å². The van der Waals surface area contributed by atoms with E-state index in [9.17, 15) is 0 Å². The first-order chi connectivity index (χ1) is 11.3. The summed E-state index contributed by atoms with van der Waals surface area (Å²) in [5, 5.41) is 6.98. The van der Waals surface area contributed by atoms with Crippen molar-refractivity contribution in [2.75, 3.05) is 25.0 Å². The summed E-state index contributed by atoms with van der Waals surface area (Å²) in [7, 11) is 0. The zero-order valence-electron chi connectivity index (χ0n) is 13.8. The summed E-state index contributed by atoms with van der Waals surface area (Å²) in [5.41, 5.74) is 2.48. The van der Waals surface area contributed by atoms with E-state index in [1.807, 2.05) is 18.7 Å². The maximum atomic E-state index is 5.94. The first-order valence-corrected chi connectivity index (χ1v) is 8.55. The summed E-state index contributed by atoms with van der Waals surface area (Å²) >= 11 is 0. The van der Waals surface area contributed by atoms with Gasteiger partial charge in [-0.05, 0) is 50.0 Å². The highest BCUT2D eigenvalue weighted by Crippen LogP contribution is 2.30. The molecule has 0 saturated heterocycles. The van der Waals surface area contributed by atoms with Crippen molar-refractivity contribution in [1.82, 2.24) is 14.9 Å². The number of nitrogens with one attached hydrogen (secondary N) is 2. The van der Waals surface area contributed by atoms with Gasteiger partial charge in [-0.25, -0.2) is 4.98 Å². The Hall–Kier alpha value is -2.01. The summed E-state index contributed by atoms with van der Waals surface area (Å²) in [6, 6.07) is 6.48. The Labute approximate surface area is 138 Å². The van der Waals surface area contributed by atoms with Gasteiger partial charge in [0.1, 0.15) is 11.9 Å². The summed E-state index contributed by atoms with van der Waals surface area (Å²) in [6.07, 6.45) is 9.19. The van der Waals surface area contributed by atoms with Crippen molar-refractivity contribution in [2.45, 2.75) is 38.8 Å². The predicted octanol–water partition coefficient (Wildman–Crippen LogP) is 2.69. The van der Waals surface area contributed by atoms with E-state index in [0.29, 0.717) is 6.10 Å². The molecule has 1 atom stereocenters. The Balaban J connectivity index is 1.37. The van der Waals surface area contributed by atoms with E-state index in [1.54, 1.807) is 0 Å². The fourth-order valence-electron chi connectivity index (χ4n) is 2.81. The van der Waals surface area contributed by atoms with Gasteiger partial charge in [-0.3, -0.25) is 0 Å². The molecular formula is C18H26N4O. The lowest BCUT2D eigenvalue weighted by Gasteiger charge is -2.27. The molecule has 0 amide bonds. The van der Waals surface area contributed by atoms with Gasteiger partial charge in [-0.1, -0.05) is 13.0 Å². The van der Waals surface area contributed by atoms with Crippen LogP contribution >= 0.6 is 0 Å². The molecule has 0 radical (unpaired) electrons. The predicted molar refractivity (Wildman–Crippen MR) is 93.1 cm³/mol. The molecule has 1 aromatic carbocycles. The standard InChI is InChI=1S/C18H26N4O/c1-2-16-13-21-17-12-15(4-5-18(17)23-16)6-8-19-7-3-10-22-11-9-20-14-22/h4-5,9,11-12,14,16,19,21H,2-3,6-8,10,13H2,1H3. The van der Waals surface area contributed by atoms with Gasteiger partial charge < -0.3 is 19.9 Å². The number of aryl methyl sites for hydroxylation is 1. The van der Waals surface area contributed by atoms with Crippen molar-refractivity contribution in [1.29, 1.82) is 0 Å². The van der Waals surface area contributed by atoms with Crippen molar-refractivity contribution in [3.05, 3.63) is 42.5 Å². The second-order valence-corrected chi connectivity index (χ2v) is 6.01. The third-order valence-corrected chi connectivity index (χ3v) is 4.23. The lowest BCUT2D eigenvalue weighted by molar-refractivity contribution is 0.202. The molecule has 1 aromatic heterocycles. The Morgan fingerprint density at radius 1 is 1.39 bits per heavy atom. The summed E-state index contributed by atoms with van der Waals surface area (Å²) in [5.74, 6) is 0.986. The first-order valence-electron chi connectivity index (χ1n) is 8.55. The molecule has 1 aliphatic rings. The van der Waals surface area contributed by atoms with Gasteiger partial charge in [0.05, 0.1) is 18.6 Å². The Morgan fingerprint density at radius 2 is 2.35 bits per heavy atom. The number of rotatable bonds is 8. The van der Waals surface area contributed by atoms with Gasteiger partial charge in [0, 0.05) is 18.9 Å². The third kappa shape index (κ3) is 4.48. The highest BCUT2D eigenvalue weighted by Gasteiger charge is 2.17. The molecular weight excluding hydrogens is 288 g/mol. The van der Waals surface area contributed by atoms with Crippen molar-refractivity contribution in [3.63, 3.8) is 0 Å². The van der Waals surface area contributed by atoms with Crippen LogP contribution in [0.15, 0.2) is 36.9 Å². The monoisotopic (exact) mass is 314 g/mol. The summed E-state index contributed by atoms with van der Waals surface area (Å²) < 4.78 is 8.05. The molecule has 2 heterocycles. The van der Waals surface area contributed by atoms with Crippen LogP contribution in [0.1, 0.15) is 25.3 Å². The van der Waals surface area contributed by atoms with Crippen LogP contribution in [0, 0.1) is 0 Å². The molecule has 5 heteroatoms. The molecule has 2 N–H and O–H groups in total. The number of nitrogens with zero attached hydrogens (tertiary/aromatic N) is 2. The van der Waals surface area contributed by atoms with Crippen LogP contribution in [0.4, 0.5) is 5.69 Å². The Kier molecular flexibility index (Phi) is 5.53. The number of ether oxygens (including phenoxy) is 1. The van der Waals surface area contributed by atoms with Crippen LogP contribution < -0.4 is 15.4 Å². The maximum Gasteiger partial charge on any atom is 0.142 e. The SMILES string of the molecule is CCC1CNc2cc(CCNCCCn3ccnc3)ccc2O1. The number of imidazole rings is 1. The quantitative estimate of drug-likeness (QED) is 0.736. The van der Waals surface area contributed by atoms with Gasteiger partial charge in [-0.15, -0.1) is 0 Å². The van der Waals surface area contributed by atoms with Gasteiger partial charge in [0.2, 0.25) is 0 Å². The van der Waals surface area contributed by atoms with E-state index in [-0.39, 0.29) is 0 Å². The maximum absolute atomic E-state index is 5.94. The van der Waals surface area contributed by atoms with Crippen LogP contribution in [0.25, 0.3) is 0 Å². The molecule has 1 aliphatic heterocycles. The Morgan fingerprint density at radius 3 is 3.17 bits per heavy atom. The first kappa shape index (κ1) is 15.9. The minimum absolute atomic E-state index is 0.297.